The molecule has 1 aliphatic rings. The first-order chi connectivity index (χ1) is 11.3. The van der Waals surface area contributed by atoms with Gasteiger partial charge in [0.15, 0.2) is 5.69 Å². The molecular weight excluding hydrogens is 316 g/mol. The molecule has 0 saturated carbocycles. The lowest BCUT2D eigenvalue weighted by Gasteiger charge is -2.27. The Morgan fingerprint density at radius 1 is 1.46 bits per heavy atom. The zero-order chi connectivity index (χ0) is 17.7. The van der Waals surface area contributed by atoms with Crippen LogP contribution in [0.1, 0.15) is 44.6 Å². The van der Waals surface area contributed by atoms with Crippen molar-refractivity contribution in [3.8, 4) is 0 Å². The largest absolute Gasteiger partial charge is 0.461 e. The van der Waals surface area contributed by atoms with E-state index in [0.717, 1.165) is 13.0 Å². The molecule has 1 aromatic rings. The quantitative estimate of drug-likeness (QED) is 0.760. The van der Waals surface area contributed by atoms with E-state index in [1.165, 1.54) is 10.9 Å². The Kier molecular flexibility index (Phi) is 5.66. The molecule has 9 nitrogen and oxygen atoms in total. The molecule has 1 atom stereocenters. The Morgan fingerprint density at radius 2 is 2.17 bits per heavy atom. The van der Waals surface area contributed by atoms with Gasteiger partial charge >= 0.3 is 12.1 Å². The van der Waals surface area contributed by atoms with E-state index in [0.29, 0.717) is 6.54 Å². The predicted molar refractivity (Wildman–Crippen MR) is 86.6 cm³/mol. The molecular formula is C15H24N4O5. The Morgan fingerprint density at radius 3 is 2.71 bits per heavy atom. The van der Waals surface area contributed by atoms with Crippen molar-refractivity contribution in [1.82, 2.24) is 9.66 Å². The van der Waals surface area contributed by atoms with Crippen LogP contribution in [0.25, 0.3) is 0 Å². The number of anilines is 1. The average Bonchev–Trinajstić information content (AvgIpc) is 2.78. The molecule has 0 spiro atoms. The summed E-state index contributed by atoms with van der Waals surface area (Å²) in [5.41, 5.74) is 2.57. The van der Waals surface area contributed by atoms with E-state index >= 15 is 0 Å². The number of rotatable bonds is 6. The first-order valence-corrected chi connectivity index (χ1v) is 7.90. The highest BCUT2D eigenvalue weighted by Crippen LogP contribution is 2.15. The van der Waals surface area contributed by atoms with Gasteiger partial charge in [-0.25, -0.2) is 19.2 Å². The van der Waals surface area contributed by atoms with Gasteiger partial charge < -0.3 is 19.6 Å². The minimum atomic E-state index is -0.661. The third-order valence-electron chi connectivity index (χ3n) is 3.13. The molecule has 0 aliphatic carbocycles. The van der Waals surface area contributed by atoms with Crippen molar-refractivity contribution in [3.63, 3.8) is 0 Å². The molecule has 2 N–H and O–H groups in total. The van der Waals surface area contributed by atoms with Crippen LogP contribution in [0.4, 0.5) is 10.7 Å². The van der Waals surface area contributed by atoms with Crippen molar-refractivity contribution in [3.05, 3.63) is 11.9 Å². The van der Waals surface area contributed by atoms with Gasteiger partial charge in [0.05, 0.1) is 25.5 Å². The van der Waals surface area contributed by atoms with E-state index in [4.69, 9.17) is 14.2 Å². The van der Waals surface area contributed by atoms with Crippen LogP contribution in [-0.4, -0.2) is 53.2 Å². The number of nitrogens with one attached hydrogen (secondary N) is 2. The van der Waals surface area contributed by atoms with E-state index < -0.39 is 17.7 Å². The number of hydrogen-bond donors (Lipinski definition) is 2. The Balaban J connectivity index is 2.12. The number of imidazole rings is 1. The smallest absolute Gasteiger partial charge is 0.414 e. The van der Waals surface area contributed by atoms with Gasteiger partial charge in [-0.2, -0.15) is 0 Å². The lowest BCUT2D eigenvalue weighted by Crippen LogP contribution is -2.38. The minimum absolute atomic E-state index is 0.0665. The summed E-state index contributed by atoms with van der Waals surface area (Å²) in [6.45, 7) is 8.44. The summed E-state index contributed by atoms with van der Waals surface area (Å²) in [6.07, 6.45) is 1.67. The number of nitrogens with zero attached hydrogens (tertiary/aromatic N) is 2. The SMILES string of the molecule is CCOC(=O)c1cnc(NC(=O)OC(C)(C)C)n1NCC1CCO1. The van der Waals surface area contributed by atoms with Crippen LogP contribution in [0.3, 0.4) is 0 Å². The van der Waals surface area contributed by atoms with Gasteiger partial charge in [-0.3, -0.25) is 5.32 Å². The zero-order valence-electron chi connectivity index (χ0n) is 14.4. The molecule has 9 heteroatoms. The monoisotopic (exact) mass is 340 g/mol. The van der Waals surface area contributed by atoms with E-state index in [1.54, 1.807) is 27.7 Å². The Labute approximate surface area is 140 Å². The van der Waals surface area contributed by atoms with E-state index in [1.807, 2.05) is 0 Å². The summed E-state index contributed by atoms with van der Waals surface area (Å²) in [4.78, 5) is 28.0. The third kappa shape index (κ3) is 4.85. The number of amides is 1. The Bertz CT molecular complexity index is 589. The fraction of sp³-hybridized carbons (Fsp3) is 0.667. The topological polar surface area (TPSA) is 104 Å². The van der Waals surface area contributed by atoms with Crippen LogP contribution >= 0.6 is 0 Å². The molecule has 0 radical (unpaired) electrons. The summed E-state index contributed by atoms with van der Waals surface area (Å²) in [5, 5.41) is 2.52. The molecule has 24 heavy (non-hydrogen) atoms. The van der Waals surface area contributed by atoms with Crippen LogP contribution in [-0.2, 0) is 14.2 Å². The summed E-state index contributed by atoms with van der Waals surface area (Å²) < 4.78 is 16.9. The second-order valence-electron chi connectivity index (χ2n) is 6.29. The molecule has 1 aliphatic heterocycles. The molecule has 2 heterocycles. The number of ether oxygens (including phenoxy) is 3. The van der Waals surface area contributed by atoms with Gasteiger partial charge in [0.1, 0.15) is 5.60 Å². The van der Waals surface area contributed by atoms with Crippen LogP contribution in [0, 0.1) is 0 Å². The van der Waals surface area contributed by atoms with Crippen molar-refractivity contribution in [2.75, 3.05) is 30.5 Å². The number of carbonyl (C=O) groups is 2. The maximum atomic E-state index is 12.0. The molecule has 1 amide bonds. The highest BCUT2D eigenvalue weighted by atomic mass is 16.6. The molecule has 2 rings (SSSR count). The fourth-order valence-corrected chi connectivity index (χ4v) is 1.98. The van der Waals surface area contributed by atoms with Gasteiger partial charge in [0.25, 0.3) is 0 Å². The van der Waals surface area contributed by atoms with Crippen molar-refractivity contribution in [2.24, 2.45) is 0 Å². The summed E-state index contributed by atoms with van der Waals surface area (Å²) >= 11 is 0. The van der Waals surface area contributed by atoms with Gasteiger partial charge in [0.2, 0.25) is 5.95 Å². The first-order valence-electron chi connectivity index (χ1n) is 7.90. The molecule has 0 aromatic carbocycles. The zero-order valence-corrected chi connectivity index (χ0v) is 14.4. The van der Waals surface area contributed by atoms with Crippen molar-refractivity contribution >= 4 is 18.0 Å². The van der Waals surface area contributed by atoms with Crippen LogP contribution in [0.2, 0.25) is 0 Å². The third-order valence-corrected chi connectivity index (χ3v) is 3.13. The van der Waals surface area contributed by atoms with Crippen molar-refractivity contribution in [2.45, 2.75) is 45.8 Å². The van der Waals surface area contributed by atoms with E-state index in [-0.39, 0.29) is 24.4 Å². The number of esters is 1. The second-order valence-corrected chi connectivity index (χ2v) is 6.29. The second kappa shape index (κ2) is 7.52. The van der Waals surface area contributed by atoms with Gasteiger partial charge in [-0.05, 0) is 34.1 Å². The standard InChI is InChI=1S/C15H24N4O5/c1-5-22-12(20)11-9-16-13(18-14(21)24-15(2,3)4)19(11)17-8-10-6-7-23-10/h9-10,17H,5-8H2,1-4H3,(H,16,18,21). The first kappa shape index (κ1) is 18.1. The highest BCUT2D eigenvalue weighted by Gasteiger charge is 2.24. The molecule has 1 fully saturated rings. The molecule has 134 valence electrons. The fourth-order valence-electron chi connectivity index (χ4n) is 1.98. The number of carbonyl (C=O) groups excluding carboxylic acids is 2. The van der Waals surface area contributed by atoms with E-state index in [2.05, 4.69) is 15.7 Å². The minimum Gasteiger partial charge on any atom is -0.461 e. The number of hydrogen-bond acceptors (Lipinski definition) is 7. The molecule has 1 saturated heterocycles. The lowest BCUT2D eigenvalue weighted by molar-refractivity contribution is -0.0424. The van der Waals surface area contributed by atoms with Gasteiger partial charge in [-0.1, -0.05) is 0 Å². The van der Waals surface area contributed by atoms with Crippen LogP contribution in [0.15, 0.2) is 6.20 Å². The average molecular weight is 340 g/mol. The van der Waals surface area contributed by atoms with Crippen LogP contribution in [0.5, 0.6) is 0 Å². The van der Waals surface area contributed by atoms with Gasteiger partial charge in [0, 0.05) is 6.61 Å². The highest BCUT2D eigenvalue weighted by molar-refractivity contribution is 5.89. The maximum absolute atomic E-state index is 12.0. The number of aromatic nitrogens is 2. The van der Waals surface area contributed by atoms with Crippen LogP contribution < -0.4 is 10.7 Å². The molecule has 0 bridgehead atoms. The van der Waals surface area contributed by atoms with Crippen molar-refractivity contribution < 1.29 is 23.8 Å². The van der Waals surface area contributed by atoms with E-state index in [9.17, 15) is 9.59 Å². The maximum Gasteiger partial charge on any atom is 0.414 e. The lowest BCUT2D eigenvalue weighted by atomic mass is 10.2. The summed E-state index contributed by atoms with van der Waals surface area (Å²) in [5.74, 6) is -0.393. The van der Waals surface area contributed by atoms with Crippen molar-refractivity contribution in [1.29, 1.82) is 0 Å². The summed E-state index contributed by atoms with van der Waals surface area (Å²) in [7, 11) is 0. The Hall–Kier alpha value is -2.29. The normalized spacial score (nSPS) is 16.9. The summed E-state index contributed by atoms with van der Waals surface area (Å²) in [6, 6.07) is 0. The van der Waals surface area contributed by atoms with Gasteiger partial charge in [-0.15, -0.1) is 0 Å². The predicted octanol–water partition coefficient (Wildman–Crippen LogP) is 1.74. The molecule has 1 unspecified atom stereocenters. The molecule has 1 aromatic heterocycles.